The number of hydrogen-bond donors (Lipinski definition) is 4. The Bertz CT molecular complexity index is 4660. The van der Waals surface area contributed by atoms with Gasteiger partial charge in [-0.25, -0.2) is 19.2 Å². The molecule has 0 aromatic heterocycles. The first-order valence-electron chi connectivity index (χ1n) is 38.1. The van der Waals surface area contributed by atoms with Crippen LogP contribution in [-0.2, 0) is 83.7 Å². The van der Waals surface area contributed by atoms with E-state index in [1.54, 1.807) is 0 Å². The number of ketones is 4. The van der Waals surface area contributed by atoms with Crippen LogP contribution < -0.4 is 78.1 Å². The lowest BCUT2D eigenvalue weighted by molar-refractivity contribution is -0.144. The van der Waals surface area contributed by atoms with Crippen LogP contribution >= 0.6 is 0 Å². The largest absolute Gasteiger partial charge is 0.489 e. The Morgan fingerprint density at radius 2 is 0.442 bits per heavy atom. The van der Waals surface area contributed by atoms with Gasteiger partial charge in [-0.1, -0.05) is 27.7 Å². The number of nitrogens with one attached hydrogen (secondary N) is 4. The number of carbonyl (C=O) groups excluding carboxylic acids is 12. The SMILES string of the molecule is COC(=O)C(C)NC(=O)C(=O)c1ccc(OCc2c3c4cc5c2OCOc2c(cc6c(c2COc2ccc(C(=O)C(=O)NC(C)C(=O)OC)cc2)OCOc2c(cc7c(c2COc2ccc(C(=O)C(=O)NC(C)C(=O)OC)cc2)OCOc2c(cc(c(c2COc2ccc(C(=O)C(=O)NC(C)C(=O)OC)cc2)OCO3)C4C)C7C)C6C)C5C)cc1. The quantitative estimate of drug-likeness (QED) is 0.0153. The molecular formula is C88H84N4O28. The summed E-state index contributed by atoms with van der Waals surface area (Å²) in [5.41, 5.74) is 6.56. The highest BCUT2D eigenvalue weighted by molar-refractivity contribution is 6.44. The average Bonchev–Trinajstić information content (AvgIpc) is 0.724. The first kappa shape index (κ1) is 83.7. The zero-order valence-electron chi connectivity index (χ0n) is 67.3. The lowest BCUT2D eigenvalue weighted by Gasteiger charge is -2.36. The summed E-state index contributed by atoms with van der Waals surface area (Å²) in [5.74, 6) is -10.2. The Kier molecular flexibility index (Phi) is 24.9. The third-order valence-corrected chi connectivity index (χ3v) is 21.3. The van der Waals surface area contributed by atoms with Crippen molar-refractivity contribution < 1.29 is 133 Å². The Hall–Kier alpha value is -14.2. The van der Waals surface area contributed by atoms with Gasteiger partial charge in [-0.3, -0.25) is 38.4 Å². The van der Waals surface area contributed by atoms with Gasteiger partial charge < -0.3 is 97.1 Å². The molecule has 32 heteroatoms. The maximum atomic E-state index is 13.4. The number of hydrogen-bond acceptors (Lipinski definition) is 28. The smallest absolute Gasteiger partial charge is 0.328 e. The molecule has 4 amide bonds. The van der Waals surface area contributed by atoms with Crippen LogP contribution in [0.3, 0.4) is 0 Å². The molecule has 13 rings (SSSR count). The van der Waals surface area contributed by atoms with E-state index in [1.807, 2.05) is 52.0 Å². The van der Waals surface area contributed by atoms with Gasteiger partial charge >= 0.3 is 23.9 Å². The second-order valence-corrected chi connectivity index (χ2v) is 28.7. The Balaban J connectivity index is 0.972. The zero-order valence-corrected chi connectivity index (χ0v) is 67.3. The Morgan fingerprint density at radius 3 is 0.592 bits per heavy atom. The van der Waals surface area contributed by atoms with Gasteiger partial charge in [-0.15, -0.1) is 0 Å². The van der Waals surface area contributed by atoms with Gasteiger partial charge in [0.1, 0.15) is 120 Å². The second-order valence-electron chi connectivity index (χ2n) is 28.7. The highest BCUT2D eigenvalue weighted by Gasteiger charge is 2.41. The average molecular weight is 1650 g/mol. The topological polar surface area (TPSA) is 401 Å². The van der Waals surface area contributed by atoms with E-state index in [0.717, 1.165) is 28.4 Å². The molecule has 5 aliphatic rings. The summed E-state index contributed by atoms with van der Waals surface area (Å²) >= 11 is 0. The number of benzene rings is 8. The van der Waals surface area contributed by atoms with E-state index in [1.165, 1.54) is 125 Å². The molecule has 0 spiro atoms. The van der Waals surface area contributed by atoms with Crippen molar-refractivity contribution in [3.05, 3.63) is 210 Å². The van der Waals surface area contributed by atoms with Crippen molar-refractivity contribution in [1.29, 1.82) is 0 Å². The molecule has 0 radical (unpaired) electrons. The highest BCUT2D eigenvalue weighted by atomic mass is 16.7. The summed E-state index contributed by atoms with van der Waals surface area (Å²) in [6.07, 6.45) is 0. The molecule has 8 aromatic carbocycles. The molecule has 8 aromatic rings. The van der Waals surface area contributed by atoms with E-state index >= 15 is 0 Å². The fraction of sp³-hybridized carbons (Fsp3) is 0.318. The van der Waals surface area contributed by atoms with Crippen molar-refractivity contribution in [2.24, 2.45) is 0 Å². The molecule has 4 N–H and O–H groups in total. The lowest BCUT2D eigenvalue weighted by atomic mass is 9.78. The lowest BCUT2D eigenvalue weighted by Crippen LogP contribution is -2.42. The molecule has 4 heterocycles. The molecule has 1 aliphatic carbocycles. The number of carbonyl (C=O) groups is 12. The molecule has 4 atom stereocenters. The molecule has 32 nitrogen and oxygen atoms in total. The first-order valence-corrected chi connectivity index (χ1v) is 38.1. The van der Waals surface area contributed by atoms with Gasteiger partial charge in [0.25, 0.3) is 23.6 Å². The van der Waals surface area contributed by atoms with Crippen LogP contribution in [0.4, 0.5) is 0 Å². The molecule has 4 unspecified atom stereocenters. The fourth-order valence-electron chi connectivity index (χ4n) is 14.7. The molecule has 0 fully saturated rings. The van der Waals surface area contributed by atoms with E-state index < -0.39 is 146 Å². The van der Waals surface area contributed by atoms with Crippen molar-refractivity contribution in [2.45, 2.75) is 130 Å². The predicted molar refractivity (Wildman–Crippen MR) is 419 cm³/mol. The third kappa shape index (κ3) is 17.0. The fourth-order valence-corrected chi connectivity index (χ4v) is 14.7. The van der Waals surface area contributed by atoms with Crippen molar-refractivity contribution in [1.82, 2.24) is 21.3 Å². The Labute approximate surface area is 686 Å². The van der Waals surface area contributed by atoms with Crippen LogP contribution in [0.25, 0.3) is 0 Å². The van der Waals surface area contributed by atoms with E-state index in [-0.39, 0.29) is 71.7 Å². The van der Waals surface area contributed by atoms with Crippen LogP contribution in [0.2, 0.25) is 0 Å². The van der Waals surface area contributed by atoms with Crippen molar-refractivity contribution >= 4 is 70.6 Å². The first-order chi connectivity index (χ1) is 57.6. The Morgan fingerprint density at radius 1 is 0.283 bits per heavy atom. The minimum atomic E-state index is -1.11. The summed E-state index contributed by atoms with van der Waals surface area (Å²) < 4.78 is 101. The summed E-state index contributed by atoms with van der Waals surface area (Å²) in [4.78, 5) is 155. The summed E-state index contributed by atoms with van der Waals surface area (Å²) in [5, 5.41) is 9.42. The molecule has 8 bridgehead atoms. The normalized spacial score (nSPS) is 16.3. The minimum absolute atomic E-state index is 0.00655. The second kappa shape index (κ2) is 35.7. The number of rotatable bonds is 28. The van der Waals surface area contributed by atoms with Crippen LogP contribution in [-0.4, -0.2) is 150 Å². The molecule has 120 heavy (non-hydrogen) atoms. The van der Waals surface area contributed by atoms with Gasteiger partial charge in [0.15, 0.2) is 0 Å². The van der Waals surface area contributed by atoms with Crippen molar-refractivity contribution in [3.63, 3.8) is 0 Å². The van der Waals surface area contributed by atoms with E-state index in [0.29, 0.717) is 113 Å². The maximum Gasteiger partial charge on any atom is 0.328 e. The number of methoxy groups -OCH3 is 4. The standard InChI is InChI=1S/C88H84N4O28/c1-41-57-29-59-42(2)61-31-63-44(4)64-32-62-43(3)60-30-58(41)74-66(34-110-54-23-15-50(16-24-54)70(94)82(98)90-46(6)86(102)106-10)76(60)116-39-118-78(62)68(36-112-56-27-19-52(20-28-56)72(96)84(100)92-48(8)88(104)108-12)80(64)120-40-119-79(63)67(35-111-55-25-17-51(18-26-55)71(95)83(99)91-47(7)87(103)107-11)77(61)117-38-115-75(59)65(73(57)113-37-114-74)33-109-53-21-13-49(14-22-53)69(93)81(97)89-45(5)85(101)105-9/h13-32,41-48H,33-40H2,1-12H3,(H,89,97)(H,90,98)(H,91,99)(H,92,100). The van der Waals surface area contributed by atoms with Crippen LogP contribution in [0, 0.1) is 0 Å². The van der Waals surface area contributed by atoms with Crippen molar-refractivity contribution in [3.8, 4) is 69.0 Å². The molecule has 4 aliphatic heterocycles. The number of esters is 4. The number of ether oxygens (including phenoxy) is 16. The minimum Gasteiger partial charge on any atom is -0.489 e. The van der Waals surface area contributed by atoms with E-state index in [4.69, 9.17) is 75.8 Å². The summed E-state index contributed by atoms with van der Waals surface area (Å²) in [7, 11) is 4.63. The van der Waals surface area contributed by atoms with E-state index in [9.17, 15) is 57.5 Å². The number of Topliss-reactive ketones (excluding diaryl/α,β-unsaturated/α-hetero) is 4. The van der Waals surface area contributed by atoms with Crippen LogP contribution in [0.15, 0.2) is 121 Å². The molecule has 0 saturated heterocycles. The zero-order chi connectivity index (χ0) is 85.7. The third-order valence-electron chi connectivity index (χ3n) is 21.3. The highest BCUT2D eigenvalue weighted by Crippen LogP contribution is 2.57. The van der Waals surface area contributed by atoms with Crippen molar-refractivity contribution in [2.75, 3.05) is 55.6 Å². The molecule has 624 valence electrons. The van der Waals surface area contributed by atoms with Crippen LogP contribution in [0.5, 0.6) is 69.0 Å². The maximum absolute atomic E-state index is 13.4. The monoisotopic (exact) mass is 1640 g/mol. The van der Waals surface area contributed by atoms with Gasteiger partial charge in [0, 0.05) is 90.4 Å². The van der Waals surface area contributed by atoms with E-state index in [2.05, 4.69) is 21.3 Å². The van der Waals surface area contributed by atoms with Gasteiger partial charge in [0.05, 0.1) is 50.7 Å². The van der Waals surface area contributed by atoms with Gasteiger partial charge in [0.2, 0.25) is 50.3 Å². The molecular weight excluding hydrogens is 1560 g/mol. The number of amides is 4. The summed E-state index contributed by atoms with van der Waals surface area (Å²) in [6.45, 7) is 10.6. The van der Waals surface area contributed by atoms with Gasteiger partial charge in [-0.2, -0.15) is 0 Å². The summed E-state index contributed by atoms with van der Waals surface area (Å²) in [6, 6.07) is 26.9. The predicted octanol–water partition coefficient (Wildman–Crippen LogP) is 9.28. The molecule has 0 saturated carbocycles. The van der Waals surface area contributed by atoms with Gasteiger partial charge in [-0.05, 0) is 149 Å². The van der Waals surface area contributed by atoms with Crippen LogP contribution in [0.1, 0.15) is 187 Å².